The molecule has 4 heterocycles. The summed E-state index contributed by atoms with van der Waals surface area (Å²) < 4.78 is 7.81. The van der Waals surface area contributed by atoms with Gasteiger partial charge in [0.05, 0.1) is 17.4 Å². The SMILES string of the molecule is CN1CCN(CCOc2ccc(Nc3ncc4ccc(-c5cccnc5)n4n3)cc2)CC1. The van der Waals surface area contributed by atoms with Crippen LogP contribution in [0.3, 0.4) is 0 Å². The van der Waals surface area contributed by atoms with Gasteiger partial charge in [-0.25, -0.2) is 9.50 Å². The van der Waals surface area contributed by atoms with E-state index in [2.05, 4.69) is 37.2 Å². The summed E-state index contributed by atoms with van der Waals surface area (Å²) in [5.74, 6) is 1.40. The summed E-state index contributed by atoms with van der Waals surface area (Å²) in [6, 6.07) is 15.9. The minimum absolute atomic E-state index is 0.530. The van der Waals surface area contributed by atoms with Crippen LogP contribution in [0.25, 0.3) is 16.8 Å². The molecule has 8 heteroatoms. The summed E-state index contributed by atoms with van der Waals surface area (Å²) in [7, 11) is 2.17. The van der Waals surface area contributed by atoms with E-state index in [1.165, 1.54) is 0 Å². The minimum atomic E-state index is 0.530. The van der Waals surface area contributed by atoms with Crippen molar-refractivity contribution >= 4 is 17.2 Å². The number of benzene rings is 1. The van der Waals surface area contributed by atoms with Gasteiger partial charge < -0.3 is 15.0 Å². The van der Waals surface area contributed by atoms with Gasteiger partial charge in [-0.2, -0.15) is 0 Å². The standard InChI is InChI=1S/C24H27N7O/c1-29-11-13-30(14-12-29)15-16-32-22-7-4-20(5-8-22)27-24-26-18-21-6-9-23(31(21)28-24)19-3-2-10-25-17-19/h2-10,17-18H,11-16H2,1H3,(H,27,28). The highest BCUT2D eigenvalue weighted by molar-refractivity contribution is 5.66. The number of nitrogens with one attached hydrogen (secondary N) is 1. The first-order valence-electron chi connectivity index (χ1n) is 10.9. The van der Waals surface area contributed by atoms with Crippen molar-refractivity contribution in [3.8, 4) is 17.0 Å². The van der Waals surface area contributed by atoms with Crippen LogP contribution in [-0.2, 0) is 0 Å². The normalized spacial score (nSPS) is 15.2. The zero-order valence-corrected chi connectivity index (χ0v) is 18.2. The Morgan fingerprint density at radius 1 is 0.969 bits per heavy atom. The molecule has 0 saturated carbocycles. The van der Waals surface area contributed by atoms with E-state index in [9.17, 15) is 0 Å². The molecule has 3 aromatic heterocycles. The fourth-order valence-electron chi connectivity index (χ4n) is 3.82. The Morgan fingerprint density at radius 3 is 2.59 bits per heavy atom. The first-order valence-corrected chi connectivity index (χ1v) is 10.9. The Bertz CT molecular complexity index is 1150. The van der Waals surface area contributed by atoms with E-state index >= 15 is 0 Å². The monoisotopic (exact) mass is 429 g/mol. The molecule has 1 saturated heterocycles. The summed E-state index contributed by atoms with van der Waals surface area (Å²) in [6.07, 6.45) is 5.41. The van der Waals surface area contributed by atoms with Crippen molar-refractivity contribution in [2.45, 2.75) is 0 Å². The van der Waals surface area contributed by atoms with Crippen LogP contribution >= 0.6 is 0 Å². The number of piperazine rings is 1. The van der Waals surface area contributed by atoms with Crippen molar-refractivity contribution in [3.63, 3.8) is 0 Å². The number of likely N-dealkylation sites (N-methyl/N-ethyl adjacent to an activating group) is 1. The number of ether oxygens (including phenoxy) is 1. The summed E-state index contributed by atoms with van der Waals surface area (Å²) >= 11 is 0. The Balaban J connectivity index is 1.21. The number of anilines is 2. The summed E-state index contributed by atoms with van der Waals surface area (Å²) in [4.78, 5) is 13.5. The highest BCUT2D eigenvalue weighted by Gasteiger charge is 2.13. The second-order valence-electron chi connectivity index (χ2n) is 8.02. The number of hydrogen-bond acceptors (Lipinski definition) is 7. The van der Waals surface area contributed by atoms with Gasteiger partial charge in [0.1, 0.15) is 12.4 Å². The predicted molar refractivity (Wildman–Crippen MR) is 125 cm³/mol. The molecule has 0 bridgehead atoms. The third kappa shape index (κ3) is 4.71. The van der Waals surface area contributed by atoms with E-state index in [4.69, 9.17) is 4.74 Å². The van der Waals surface area contributed by atoms with Gasteiger partial charge in [-0.05, 0) is 55.6 Å². The number of aromatic nitrogens is 4. The van der Waals surface area contributed by atoms with Crippen LogP contribution in [0.2, 0.25) is 0 Å². The quantitative estimate of drug-likeness (QED) is 0.484. The molecule has 0 spiro atoms. The maximum absolute atomic E-state index is 5.93. The van der Waals surface area contributed by atoms with Gasteiger partial charge in [0.15, 0.2) is 0 Å². The second-order valence-corrected chi connectivity index (χ2v) is 8.02. The lowest BCUT2D eigenvalue weighted by atomic mass is 10.2. The maximum Gasteiger partial charge on any atom is 0.245 e. The molecule has 4 aromatic rings. The Kier molecular flexibility index (Phi) is 5.96. The van der Waals surface area contributed by atoms with Crippen LogP contribution < -0.4 is 10.1 Å². The van der Waals surface area contributed by atoms with Crippen molar-refractivity contribution in [1.29, 1.82) is 0 Å². The number of pyridine rings is 1. The molecule has 0 radical (unpaired) electrons. The molecule has 0 amide bonds. The molecule has 0 aliphatic carbocycles. The molecule has 1 fully saturated rings. The summed E-state index contributed by atoms with van der Waals surface area (Å²) in [5, 5.41) is 7.94. The fraction of sp³-hybridized carbons (Fsp3) is 0.292. The number of hydrogen-bond donors (Lipinski definition) is 1. The zero-order chi connectivity index (χ0) is 21.8. The Labute approximate surface area is 187 Å². The van der Waals surface area contributed by atoms with E-state index in [1.54, 1.807) is 6.20 Å². The number of fused-ring (bicyclic) bond motifs is 1. The van der Waals surface area contributed by atoms with Crippen molar-refractivity contribution in [1.82, 2.24) is 29.4 Å². The Hall–Kier alpha value is -3.49. The third-order valence-electron chi connectivity index (χ3n) is 5.74. The molecular formula is C24H27N7O. The lowest BCUT2D eigenvalue weighted by Gasteiger charge is -2.32. The molecular weight excluding hydrogens is 402 g/mol. The number of rotatable bonds is 7. The molecule has 8 nitrogen and oxygen atoms in total. The molecule has 164 valence electrons. The van der Waals surface area contributed by atoms with E-state index in [0.29, 0.717) is 12.6 Å². The van der Waals surface area contributed by atoms with Crippen LogP contribution in [0.5, 0.6) is 5.75 Å². The van der Waals surface area contributed by atoms with Crippen LogP contribution in [0.1, 0.15) is 0 Å². The molecule has 1 aromatic carbocycles. The van der Waals surface area contributed by atoms with Gasteiger partial charge in [0, 0.05) is 56.4 Å². The zero-order valence-electron chi connectivity index (χ0n) is 18.2. The second kappa shape index (κ2) is 9.33. The van der Waals surface area contributed by atoms with Gasteiger partial charge in [0.25, 0.3) is 0 Å². The van der Waals surface area contributed by atoms with Crippen LogP contribution in [0.4, 0.5) is 11.6 Å². The van der Waals surface area contributed by atoms with E-state index in [0.717, 1.165) is 60.9 Å². The van der Waals surface area contributed by atoms with Gasteiger partial charge in [0.2, 0.25) is 5.95 Å². The predicted octanol–water partition coefficient (Wildman–Crippen LogP) is 3.16. The maximum atomic E-state index is 5.93. The first kappa shape index (κ1) is 20.4. The van der Waals surface area contributed by atoms with Crippen LogP contribution in [0.15, 0.2) is 67.1 Å². The van der Waals surface area contributed by atoms with Crippen molar-refractivity contribution in [2.75, 3.05) is 51.7 Å². The van der Waals surface area contributed by atoms with Gasteiger partial charge in [-0.3, -0.25) is 9.88 Å². The summed E-state index contributed by atoms with van der Waals surface area (Å²) in [5.41, 5.74) is 3.82. The molecule has 5 rings (SSSR count). The van der Waals surface area contributed by atoms with Crippen LogP contribution in [0, 0.1) is 0 Å². The van der Waals surface area contributed by atoms with Gasteiger partial charge in [-0.1, -0.05) is 0 Å². The fourth-order valence-corrected chi connectivity index (χ4v) is 3.82. The Morgan fingerprint density at radius 2 is 1.81 bits per heavy atom. The lowest BCUT2D eigenvalue weighted by molar-refractivity contribution is 0.134. The van der Waals surface area contributed by atoms with Crippen molar-refractivity contribution in [2.24, 2.45) is 0 Å². The van der Waals surface area contributed by atoms with E-state index in [-0.39, 0.29) is 0 Å². The topological polar surface area (TPSA) is 70.8 Å². The highest BCUT2D eigenvalue weighted by atomic mass is 16.5. The first-order chi connectivity index (χ1) is 15.7. The minimum Gasteiger partial charge on any atom is -0.492 e. The van der Waals surface area contributed by atoms with Crippen molar-refractivity contribution < 1.29 is 4.74 Å². The third-order valence-corrected chi connectivity index (χ3v) is 5.74. The smallest absolute Gasteiger partial charge is 0.245 e. The van der Waals surface area contributed by atoms with E-state index in [1.807, 2.05) is 65.4 Å². The van der Waals surface area contributed by atoms with Crippen LogP contribution in [-0.4, -0.2) is 75.8 Å². The number of nitrogens with zero attached hydrogens (tertiary/aromatic N) is 6. The molecule has 32 heavy (non-hydrogen) atoms. The van der Waals surface area contributed by atoms with Gasteiger partial charge in [-0.15, -0.1) is 5.10 Å². The molecule has 0 atom stereocenters. The highest BCUT2D eigenvalue weighted by Crippen LogP contribution is 2.22. The average Bonchev–Trinajstić information content (AvgIpc) is 3.25. The summed E-state index contributed by atoms with van der Waals surface area (Å²) in [6.45, 7) is 6.12. The van der Waals surface area contributed by atoms with Crippen molar-refractivity contribution in [3.05, 3.63) is 67.1 Å². The largest absolute Gasteiger partial charge is 0.492 e. The van der Waals surface area contributed by atoms with Gasteiger partial charge >= 0.3 is 0 Å². The molecule has 1 aliphatic rings. The molecule has 1 N–H and O–H groups in total. The average molecular weight is 430 g/mol. The lowest BCUT2D eigenvalue weighted by Crippen LogP contribution is -2.45. The molecule has 0 unspecified atom stereocenters. The molecule has 1 aliphatic heterocycles. The van der Waals surface area contributed by atoms with E-state index < -0.39 is 0 Å².